The molecule has 4 heteroatoms. The van der Waals surface area contributed by atoms with Gasteiger partial charge in [-0.1, -0.05) is 6.58 Å². The maximum absolute atomic E-state index is 11.7. The molecule has 1 heterocycles. The molecule has 0 aliphatic carbocycles. The first-order valence-electron chi connectivity index (χ1n) is 5.94. The van der Waals surface area contributed by atoms with E-state index in [9.17, 15) is 4.79 Å². The van der Waals surface area contributed by atoms with Crippen LogP contribution in [0.4, 0.5) is 0 Å². The molecule has 0 radical (unpaired) electrons. The highest BCUT2D eigenvalue weighted by Crippen LogP contribution is 2.36. The Hall–Kier alpha value is -1.50. The first kappa shape index (κ1) is 13.6. The maximum atomic E-state index is 11.7. The number of hydrogen-bond donors (Lipinski definition) is 0. The fourth-order valence-corrected chi connectivity index (χ4v) is 2.37. The minimum atomic E-state index is -0.294. The van der Waals surface area contributed by atoms with Crippen LogP contribution in [0.1, 0.15) is 26.7 Å². The van der Waals surface area contributed by atoms with Gasteiger partial charge in [-0.3, -0.25) is 4.79 Å². The molecule has 4 unspecified atom stereocenters. The van der Waals surface area contributed by atoms with Gasteiger partial charge in [0.25, 0.3) is 0 Å². The summed E-state index contributed by atoms with van der Waals surface area (Å²) in [5, 5.41) is 8.93. The first-order valence-corrected chi connectivity index (χ1v) is 5.94. The number of cyclic esters (lactones) is 1. The largest absolute Gasteiger partial charge is 0.502 e. The normalized spacial score (nSPS) is 29.2. The van der Waals surface area contributed by atoms with Gasteiger partial charge in [-0.2, -0.15) is 5.26 Å². The fraction of sp³-hybridized carbons (Fsp3) is 0.692. The number of esters is 1. The summed E-state index contributed by atoms with van der Waals surface area (Å²) in [5.74, 6) is -0.705. The Morgan fingerprint density at radius 3 is 3.00 bits per heavy atom. The van der Waals surface area contributed by atoms with Crippen LogP contribution in [0.15, 0.2) is 12.8 Å². The van der Waals surface area contributed by atoms with Gasteiger partial charge in [-0.15, -0.1) is 0 Å². The van der Waals surface area contributed by atoms with Gasteiger partial charge in [0.1, 0.15) is 6.10 Å². The molecule has 94 valence electrons. The molecule has 0 aromatic heterocycles. The smallest absolute Gasteiger partial charge is 0.310 e. The highest BCUT2D eigenvalue weighted by Gasteiger charge is 2.44. The van der Waals surface area contributed by atoms with Crippen LogP contribution in [0.3, 0.4) is 0 Å². The average Bonchev–Trinajstić information content (AvgIpc) is 2.59. The summed E-state index contributed by atoms with van der Waals surface area (Å²) in [6, 6.07) is 2.14. The minimum Gasteiger partial charge on any atom is -0.502 e. The van der Waals surface area contributed by atoms with Crippen LogP contribution >= 0.6 is 0 Å². The maximum Gasteiger partial charge on any atom is 0.310 e. The molecular formula is C13H19NO3. The molecule has 0 spiro atoms. The molecule has 0 N–H and O–H groups in total. The molecule has 1 saturated heterocycles. The molecule has 1 aliphatic rings. The van der Waals surface area contributed by atoms with Gasteiger partial charge in [-0.25, -0.2) is 0 Å². The van der Waals surface area contributed by atoms with Crippen LogP contribution < -0.4 is 0 Å². The number of carbonyl (C=O) groups excluding carboxylic acids is 1. The van der Waals surface area contributed by atoms with E-state index in [0.29, 0.717) is 6.61 Å². The van der Waals surface area contributed by atoms with Gasteiger partial charge in [0.15, 0.2) is 0 Å². The molecule has 0 bridgehead atoms. The van der Waals surface area contributed by atoms with E-state index in [-0.39, 0.29) is 29.8 Å². The highest BCUT2D eigenvalue weighted by atomic mass is 16.6. The SMILES string of the molecule is C=COCCCC1C(C)OC(=O)C1C(C)C#N. The topological polar surface area (TPSA) is 59.3 Å². The van der Waals surface area contributed by atoms with E-state index in [1.54, 1.807) is 6.92 Å². The summed E-state index contributed by atoms with van der Waals surface area (Å²) in [7, 11) is 0. The van der Waals surface area contributed by atoms with Crippen LogP contribution in [-0.2, 0) is 14.3 Å². The second-order valence-electron chi connectivity index (χ2n) is 4.43. The zero-order valence-electron chi connectivity index (χ0n) is 10.4. The molecule has 0 amide bonds. The summed E-state index contributed by atoms with van der Waals surface area (Å²) in [4.78, 5) is 11.7. The highest BCUT2D eigenvalue weighted by molar-refractivity contribution is 5.76. The molecule has 4 nitrogen and oxygen atoms in total. The lowest BCUT2D eigenvalue weighted by atomic mass is 9.80. The van der Waals surface area contributed by atoms with Crippen molar-refractivity contribution in [3.63, 3.8) is 0 Å². The molecule has 1 aliphatic heterocycles. The monoisotopic (exact) mass is 237 g/mol. The van der Waals surface area contributed by atoms with Gasteiger partial charge in [0.05, 0.1) is 30.8 Å². The van der Waals surface area contributed by atoms with Crippen molar-refractivity contribution in [3.8, 4) is 6.07 Å². The van der Waals surface area contributed by atoms with Crippen molar-refractivity contribution in [1.82, 2.24) is 0 Å². The van der Waals surface area contributed by atoms with Crippen LogP contribution in [0, 0.1) is 29.1 Å². The van der Waals surface area contributed by atoms with Crippen LogP contribution in [0.25, 0.3) is 0 Å². The summed E-state index contributed by atoms with van der Waals surface area (Å²) < 4.78 is 10.3. The summed E-state index contributed by atoms with van der Waals surface area (Å²) >= 11 is 0. The van der Waals surface area contributed by atoms with Crippen molar-refractivity contribution in [2.45, 2.75) is 32.8 Å². The molecule has 0 saturated carbocycles. The average molecular weight is 237 g/mol. The number of hydrogen-bond acceptors (Lipinski definition) is 4. The first-order chi connectivity index (χ1) is 8.11. The zero-order valence-corrected chi connectivity index (χ0v) is 10.4. The number of nitriles is 1. The zero-order chi connectivity index (χ0) is 12.8. The van der Waals surface area contributed by atoms with E-state index >= 15 is 0 Å². The van der Waals surface area contributed by atoms with E-state index in [0.717, 1.165) is 12.8 Å². The molecule has 17 heavy (non-hydrogen) atoms. The number of carbonyl (C=O) groups is 1. The van der Waals surface area contributed by atoms with E-state index in [4.69, 9.17) is 14.7 Å². The van der Waals surface area contributed by atoms with Gasteiger partial charge >= 0.3 is 5.97 Å². The van der Waals surface area contributed by atoms with Crippen molar-refractivity contribution >= 4 is 5.97 Å². The van der Waals surface area contributed by atoms with Crippen molar-refractivity contribution in [1.29, 1.82) is 5.26 Å². The van der Waals surface area contributed by atoms with Gasteiger partial charge < -0.3 is 9.47 Å². The lowest BCUT2D eigenvalue weighted by molar-refractivity contribution is -0.144. The van der Waals surface area contributed by atoms with Crippen LogP contribution in [-0.4, -0.2) is 18.7 Å². The Balaban J connectivity index is 2.57. The lowest BCUT2D eigenvalue weighted by Gasteiger charge is -2.19. The van der Waals surface area contributed by atoms with E-state index < -0.39 is 0 Å². The Labute approximate surface area is 102 Å². The third kappa shape index (κ3) is 3.23. The summed E-state index contributed by atoms with van der Waals surface area (Å²) in [5.41, 5.74) is 0. The predicted molar refractivity (Wildman–Crippen MR) is 62.7 cm³/mol. The lowest BCUT2D eigenvalue weighted by Crippen LogP contribution is -2.25. The molecular weight excluding hydrogens is 218 g/mol. The van der Waals surface area contributed by atoms with E-state index in [1.807, 2.05) is 6.92 Å². The van der Waals surface area contributed by atoms with Crippen LogP contribution in [0.2, 0.25) is 0 Å². The van der Waals surface area contributed by atoms with Crippen LogP contribution in [0.5, 0.6) is 0 Å². The van der Waals surface area contributed by atoms with Gasteiger partial charge in [-0.05, 0) is 26.7 Å². The Kier molecular flexibility index (Phi) is 5.02. The molecule has 0 aromatic rings. The molecule has 0 aromatic carbocycles. The molecule has 1 fully saturated rings. The molecule has 4 atom stereocenters. The van der Waals surface area contributed by atoms with Gasteiger partial charge in [0, 0.05) is 5.92 Å². The van der Waals surface area contributed by atoms with Gasteiger partial charge in [0.2, 0.25) is 0 Å². The standard InChI is InChI=1S/C13H19NO3/c1-4-16-7-5-6-11-10(3)17-13(15)12(11)9(2)8-14/h4,9-12H,1,5-7H2,2-3H3. The van der Waals surface area contributed by atoms with Crippen molar-refractivity contribution < 1.29 is 14.3 Å². The third-order valence-electron chi connectivity index (χ3n) is 3.30. The number of rotatable bonds is 6. The Bertz CT molecular complexity index is 321. The van der Waals surface area contributed by atoms with E-state index in [2.05, 4.69) is 12.6 Å². The summed E-state index contributed by atoms with van der Waals surface area (Å²) in [6.45, 7) is 7.73. The Morgan fingerprint density at radius 2 is 2.41 bits per heavy atom. The van der Waals surface area contributed by atoms with Crippen molar-refractivity contribution in [2.75, 3.05) is 6.61 Å². The van der Waals surface area contributed by atoms with E-state index in [1.165, 1.54) is 6.26 Å². The van der Waals surface area contributed by atoms with Crippen molar-refractivity contribution in [3.05, 3.63) is 12.8 Å². The summed E-state index contributed by atoms with van der Waals surface area (Å²) in [6.07, 6.45) is 2.98. The number of nitrogens with zero attached hydrogens (tertiary/aromatic N) is 1. The quantitative estimate of drug-likeness (QED) is 0.404. The molecule has 1 rings (SSSR count). The fourth-order valence-electron chi connectivity index (χ4n) is 2.37. The third-order valence-corrected chi connectivity index (χ3v) is 3.30. The van der Waals surface area contributed by atoms with Crippen molar-refractivity contribution in [2.24, 2.45) is 17.8 Å². The number of ether oxygens (including phenoxy) is 2. The Morgan fingerprint density at radius 1 is 1.71 bits per heavy atom. The predicted octanol–water partition coefficient (Wildman–Crippen LogP) is 2.26. The minimum absolute atomic E-state index is 0.105. The second kappa shape index (κ2) is 6.29. The second-order valence-corrected chi connectivity index (χ2v) is 4.43.